The van der Waals surface area contributed by atoms with Crippen molar-refractivity contribution in [2.45, 2.75) is 63.9 Å². The molecule has 84 valence electrons. The van der Waals surface area contributed by atoms with Crippen LogP contribution < -0.4 is 0 Å². The Kier molecular flexibility index (Phi) is 5.49. The van der Waals surface area contributed by atoms with Crippen LogP contribution in [0.15, 0.2) is 0 Å². The van der Waals surface area contributed by atoms with Crippen LogP contribution in [0.5, 0.6) is 0 Å². The summed E-state index contributed by atoms with van der Waals surface area (Å²) in [6, 6.07) is 0. The zero-order valence-corrected chi connectivity index (χ0v) is 9.43. The quantitative estimate of drug-likeness (QED) is 0.610. The highest BCUT2D eigenvalue weighted by Crippen LogP contribution is 2.34. The molecule has 1 unspecified atom stereocenters. The van der Waals surface area contributed by atoms with Crippen LogP contribution in [0.25, 0.3) is 0 Å². The largest absolute Gasteiger partial charge is 0.396 e. The van der Waals surface area contributed by atoms with Gasteiger partial charge in [-0.1, -0.05) is 32.6 Å². The summed E-state index contributed by atoms with van der Waals surface area (Å²) in [4.78, 5) is 0. The Hall–Kier alpha value is -0.0800. The molecule has 0 bridgehead atoms. The van der Waals surface area contributed by atoms with Gasteiger partial charge >= 0.3 is 0 Å². The van der Waals surface area contributed by atoms with Gasteiger partial charge in [0.1, 0.15) is 0 Å². The number of hydrogen-bond donors (Lipinski definition) is 1. The first-order valence-electron chi connectivity index (χ1n) is 6.08. The highest BCUT2D eigenvalue weighted by molar-refractivity contribution is 4.85. The van der Waals surface area contributed by atoms with E-state index in [2.05, 4.69) is 6.92 Å². The minimum atomic E-state index is 0.261. The van der Waals surface area contributed by atoms with E-state index in [-0.39, 0.29) is 5.60 Å². The summed E-state index contributed by atoms with van der Waals surface area (Å²) in [7, 11) is 0. The van der Waals surface area contributed by atoms with Gasteiger partial charge < -0.3 is 9.84 Å². The van der Waals surface area contributed by atoms with E-state index in [1.165, 1.54) is 44.9 Å². The maximum absolute atomic E-state index is 8.62. The Labute approximate surface area is 87.7 Å². The maximum Gasteiger partial charge on any atom is 0.0701 e. The second-order valence-corrected chi connectivity index (χ2v) is 4.38. The van der Waals surface area contributed by atoms with E-state index in [1.54, 1.807) is 0 Å². The molecule has 1 aliphatic rings. The van der Waals surface area contributed by atoms with Crippen molar-refractivity contribution in [3.8, 4) is 0 Å². The average Bonchev–Trinajstić information content (AvgIpc) is 2.15. The molecule has 0 radical (unpaired) electrons. The van der Waals surface area contributed by atoms with Crippen LogP contribution in [0.2, 0.25) is 0 Å². The van der Waals surface area contributed by atoms with E-state index in [0.717, 1.165) is 13.0 Å². The Morgan fingerprint density at radius 3 is 2.29 bits per heavy atom. The molecule has 1 heterocycles. The molecule has 0 aromatic heterocycles. The molecule has 1 N–H and O–H groups in total. The van der Waals surface area contributed by atoms with Gasteiger partial charge in [0.2, 0.25) is 0 Å². The number of rotatable bonds is 8. The van der Waals surface area contributed by atoms with E-state index < -0.39 is 0 Å². The molecule has 1 fully saturated rings. The number of hydrogen-bond acceptors (Lipinski definition) is 2. The molecule has 1 aliphatic heterocycles. The molecule has 0 aliphatic carbocycles. The molecule has 0 saturated carbocycles. The van der Waals surface area contributed by atoms with Crippen molar-refractivity contribution in [3.63, 3.8) is 0 Å². The first-order valence-corrected chi connectivity index (χ1v) is 6.08. The minimum Gasteiger partial charge on any atom is -0.396 e. The first-order chi connectivity index (χ1) is 6.83. The Bertz CT molecular complexity index is 136. The fourth-order valence-electron chi connectivity index (χ4n) is 2.13. The molecule has 1 saturated heterocycles. The Balaban J connectivity index is 1.92. The lowest BCUT2D eigenvalue weighted by molar-refractivity contribution is -0.154. The zero-order valence-electron chi connectivity index (χ0n) is 9.43. The fourth-order valence-corrected chi connectivity index (χ4v) is 2.13. The van der Waals surface area contributed by atoms with Gasteiger partial charge in [0, 0.05) is 6.61 Å². The third-order valence-corrected chi connectivity index (χ3v) is 3.40. The Morgan fingerprint density at radius 2 is 1.79 bits per heavy atom. The van der Waals surface area contributed by atoms with Crippen LogP contribution in [-0.4, -0.2) is 23.9 Å². The standard InChI is InChI=1S/C12H24O2/c1-2-12(9-11-14-12)8-6-4-3-5-7-10-13/h13H,2-11H2,1H3. The third kappa shape index (κ3) is 3.58. The normalized spacial score (nSPS) is 26.1. The number of aliphatic hydroxyl groups is 1. The van der Waals surface area contributed by atoms with Crippen LogP contribution in [-0.2, 0) is 4.74 Å². The van der Waals surface area contributed by atoms with E-state index in [0.29, 0.717) is 6.61 Å². The van der Waals surface area contributed by atoms with Gasteiger partial charge in [-0.3, -0.25) is 0 Å². The Morgan fingerprint density at radius 1 is 1.14 bits per heavy atom. The van der Waals surface area contributed by atoms with Gasteiger partial charge in [-0.05, 0) is 25.7 Å². The second-order valence-electron chi connectivity index (χ2n) is 4.38. The molecule has 0 aromatic carbocycles. The zero-order chi connectivity index (χ0) is 10.3. The lowest BCUT2D eigenvalue weighted by atomic mass is 9.86. The summed E-state index contributed by atoms with van der Waals surface area (Å²) in [6.45, 7) is 3.55. The minimum absolute atomic E-state index is 0.261. The molecule has 14 heavy (non-hydrogen) atoms. The highest BCUT2D eigenvalue weighted by atomic mass is 16.5. The molecule has 1 atom stereocenters. The van der Waals surface area contributed by atoms with Crippen molar-refractivity contribution in [3.05, 3.63) is 0 Å². The van der Waals surface area contributed by atoms with Crippen molar-refractivity contribution in [1.29, 1.82) is 0 Å². The van der Waals surface area contributed by atoms with Crippen LogP contribution >= 0.6 is 0 Å². The molecule has 2 nitrogen and oxygen atoms in total. The topological polar surface area (TPSA) is 29.5 Å². The number of ether oxygens (including phenoxy) is 1. The second kappa shape index (κ2) is 6.41. The van der Waals surface area contributed by atoms with Gasteiger partial charge in [-0.25, -0.2) is 0 Å². The van der Waals surface area contributed by atoms with Crippen molar-refractivity contribution in [2.75, 3.05) is 13.2 Å². The van der Waals surface area contributed by atoms with Gasteiger partial charge in [0.05, 0.1) is 12.2 Å². The van der Waals surface area contributed by atoms with E-state index in [4.69, 9.17) is 9.84 Å². The molecule has 0 spiro atoms. The maximum atomic E-state index is 8.62. The van der Waals surface area contributed by atoms with Crippen LogP contribution in [0, 0.1) is 0 Å². The summed E-state index contributed by atoms with van der Waals surface area (Å²) in [5, 5.41) is 8.62. The average molecular weight is 200 g/mol. The molecule has 2 heteroatoms. The van der Waals surface area contributed by atoms with Crippen molar-refractivity contribution >= 4 is 0 Å². The number of unbranched alkanes of at least 4 members (excludes halogenated alkanes) is 4. The first kappa shape index (κ1) is 12.0. The van der Waals surface area contributed by atoms with Gasteiger partial charge in [-0.2, -0.15) is 0 Å². The summed E-state index contributed by atoms with van der Waals surface area (Å²) >= 11 is 0. The van der Waals surface area contributed by atoms with Crippen LogP contribution in [0.1, 0.15) is 58.3 Å². The van der Waals surface area contributed by atoms with Gasteiger partial charge in [0.25, 0.3) is 0 Å². The van der Waals surface area contributed by atoms with E-state index in [1.807, 2.05) is 0 Å². The van der Waals surface area contributed by atoms with Crippen molar-refractivity contribution in [2.24, 2.45) is 0 Å². The molecular formula is C12H24O2. The fraction of sp³-hybridized carbons (Fsp3) is 1.00. The van der Waals surface area contributed by atoms with Crippen LogP contribution in [0.3, 0.4) is 0 Å². The molecule has 0 aromatic rings. The molecular weight excluding hydrogens is 176 g/mol. The third-order valence-electron chi connectivity index (χ3n) is 3.40. The summed E-state index contributed by atoms with van der Waals surface area (Å²) < 4.78 is 5.66. The summed E-state index contributed by atoms with van der Waals surface area (Å²) in [5.74, 6) is 0. The number of aliphatic hydroxyl groups excluding tert-OH is 1. The predicted octanol–water partition coefficient (Wildman–Crippen LogP) is 2.89. The highest BCUT2D eigenvalue weighted by Gasteiger charge is 2.35. The molecule has 1 rings (SSSR count). The van der Waals surface area contributed by atoms with Gasteiger partial charge in [0.15, 0.2) is 0 Å². The predicted molar refractivity (Wildman–Crippen MR) is 58.4 cm³/mol. The van der Waals surface area contributed by atoms with Crippen molar-refractivity contribution in [1.82, 2.24) is 0 Å². The SMILES string of the molecule is CCC1(CCCCCCCO)CCO1. The molecule has 0 amide bonds. The van der Waals surface area contributed by atoms with Crippen LogP contribution in [0.4, 0.5) is 0 Å². The smallest absolute Gasteiger partial charge is 0.0701 e. The van der Waals surface area contributed by atoms with E-state index in [9.17, 15) is 0 Å². The lowest BCUT2D eigenvalue weighted by Crippen LogP contribution is -2.42. The van der Waals surface area contributed by atoms with E-state index >= 15 is 0 Å². The van der Waals surface area contributed by atoms with Crippen molar-refractivity contribution < 1.29 is 9.84 Å². The summed E-state index contributed by atoms with van der Waals surface area (Å²) in [5.41, 5.74) is 0.261. The lowest BCUT2D eigenvalue weighted by Gasteiger charge is -2.41. The monoisotopic (exact) mass is 200 g/mol. The van der Waals surface area contributed by atoms with Gasteiger partial charge in [-0.15, -0.1) is 0 Å². The summed E-state index contributed by atoms with van der Waals surface area (Å²) in [6.07, 6.45) is 9.67.